The quantitative estimate of drug-likeness (QED) is 0.713. The average Bonchev–Trinajstić information content (AvgIpc) is 3.26. The first-order chi connectivity index (χ1) is 11.3. The minimum absolute atomic E-state index is 0.443. The van der Waals surface area contributed by atoms with E-state index in [1.165, 1.54) is 0 Å². The number of nitrogens with one attached hydrogen (secondary N) is 1. The molecule has 1 aliphatic heterocycles. The molecule has 5 nitrogen and oxygen atoms in total. The van der Waals surface area contributed by atoms with Gasteiger partial charge in [0.2, 0.25) is 0 Å². The van der Waals surface area contributed by atoms with Crippen molar-refractivity contribution in [2.45, 2.75) is 30.2 Å². The summed E-state index contributed by atoms with van der Waals surface area (Å²) < 4.78 is 11.3. The molecular weight excluding hydrogens is 310 g/mol. The van der Waals surface area contributed by atoms with Crippen LogP contribution in [0.4, 0.5) is 0 Å². The molecule has 1 saturated heterocycles. The normalized spacial score (nSPS) is 19.4. The van der Waals surface area contributed by atoms with E-state index in [0.717, 1.165) is 42.5 Å². The van der Waals surface area contributed by atoms with E-state index < -0.39 is 0 Å². The van der Waals surface area contributed by atoms with Gasteiger partial charge in [-0.25, -0.2) is 0 Å². The summed E-state index contributed by atoms with van der Waals surface area (Å²) in [7, 11) is 0. The Morgan fingerprint density at radius 1 is 1.35 bits per heavy atom. The molecule has 1 aromatic carbocycles. The average molecular weight is 329 g/mol. The zero-order valence-corrected chi connectivity index (χ0v) is 13.8. The maximum absolute atomic E-state index is 5.86. The molecule has 0 spiro atoms. The first kappa shape index (κ1) is 14.8. The second-order valence-corrected chi connectivity index (χ2v) is 7.40. The number of hydrogen-bond donors (Lipinski definition) is 1. The van der Waals surface area contributed by atoms with E-state index in [4.69, 9.17) is 9.15 Å². The van der Waals surface area contributed by atoms with E-state index in [-0.39, 0.29) is 0 Å². The van der Waals surface area contributed by atoms with Gasteiger partial charge in [0.05, 0.1) is 5.56 Å². The van der Waals surface area contributed by atoms with Crippen molar-refractivity contribution in [1.82, 2.24) is 15.2 Å². The molecule has 2 atom stereocenters. The second kappa shape index (κ2) is 6.37. The number of fused-ring (bicyclic) bond motifs is 1. The summed E-state index contributed by atoms with van der Waals surface area (Å²) in [5.41, 5.74) is 2.03. The van der Waals surface area contributed by atoms with Crippen LogP contribution in [0.25, 0.3) is 22.4 Å². The lowest BCUT2D eigenvalue weighted by molar-refractivity contribution is 0.184. The van der Waals surface area contributed by atoms with Gasteiger partial charge in [-0.15, -0.1) is 10.2 Å². The van der Waals surface area contributed by atoms with Crippen LogP contribution in [-0.4, -0.2) is 33.6 Å². The molecule has 6 heteroatoms. The van der Waals surface area contributed by atoms with Gasteiger partial charge < -0.3 is 14.1 Å². The van der Waals surface area contributed by atoms with Gasteiger partial charge in [0.25, 0.3) is 11.1 Å². The molecule has 0 amide bonds. The van der Waals surface area contributed by atoms with E-state index >= 15 is 0 Å². The highest BCUT2D eigenvalue weighted by Crippen LogP contribution is 2.33. The van der Waals surface area contributed by atoms with Gasteiger partial charge in [0.1, 0.15) is 0 Å². The van der Waals surface area contributed by atoms with Crippen molar-refractivity contribution in [3.05, 3.63) is 30.5 Å². The SMILES string of the molecule is CC(CC1CCOC1)Sc1nnc(-c2c[nH]c3ccccc23)o1. The summed E-state index contributed by atoms with van der Waals surface area (Å²) in [5.74, 6) is 1.23. The van der Waals surface area contributed by atoms with Gasteiger partial charge in [-0.3, -0.25) is 0 Å². The number of hydrogen-bond acceptors (Lipinski definition) is 5. The van der Waals surface area contributed by atoms with Crippen LogP contribution in [0.5, 0.6) is 0 Å². The van der Waals surface area contributed by atoms with Crippen molar-refractivity contribution in [3.8, 4) is 11.5 Å². The van der Waals surface area contributed by atoms with Crippen molar-refractivity contribution < 1.29 is 9.15 Å². The molecule has 0 radical (unpaired) electrons. The van der Waals surface area contributed by atoms with Crippen molar-refractivity contribution in [2.75, 3.05) is 13.2 Å². The number of nitrogens with zero attached hydrogens (tertiary/aromatic N) is 2. The molecule has 23 heavy (non-hydrogen) atoms. The van der Waals surface area contributed by atoms with Crippen molar-refractivity contribution in [1.29, 1.82) is 0 Å². The predicted octanol–water partition coefficient (Wildman–Crippen LogP) is 4.13. The van der Waals surface area contributed by atoms with Crippen molar-refractivity contribution in [2.24, 2.45) is 5.92 Å². The third-order valence-corrected chi connectivity index (χ3v) is 5.18. The first-order valence-electron chi connectivity index (χ1n) is 7.94. The fourth-order valence-electron chi connectivity index (χ4n) is 3.07. The summed E-state index contributed by atoms with van der Waals surface area (Å²) >= 11 is 1.65. The van der Waals surface area contributed by atoms with Crippen LogP contribution >= 0.6 is 11.8 Å². The molecule has 0 saturated carbocycles. The van der Waals surface area contributed by atoms with Crippen LogP contribution in [-0.2, 0) is 4.74 Å². The van der Waals surface area contributed by atoms with Gasteiger partial charge >= 0.3 is 0 Å². The van der Waals surface area contributed by atoms with E-state index in [0.29, 0.717) is 22.3 Å². The fraction of sp³-hybridized carbons (Fsp3) is 0.412. The second-order valence-electron chi connectivity index (χ2n) is 6.01. The van der Waals surface area contributed by atoms with E-state index in [9.17, 15) is 0 Å². The number of ether oxygens (including phenoxy) is 1. The van der Waals surface area contributed by atoms with Crippen molar-refractivity contribution >= 4 is 22.7 Å². The Morgan fingerprint density at radius 3 is 3.13 bits per heavy atom. The zero-order valence-electron chi connectivity index (χ0n) is 13.0. The van der Waals surface area contributed by atoms with Gasteiger partial charge in [-0.2, -0.15) is 0 Å². The number of rotatable bonds is 5. The van der Waals surface area contributed by atoms with Crippen LogP contribution in [0.1, 0.15) is 19.8 Å². The molecule has 3 heterocycles. The molecule has 0 aliphatic carbocycles. The number of aromatic nitrogens is 3. The zero-order chi connectivity index (χ0) is 15.6. The van der Waals surface area contributed by atoms with Crippen LogP contribution < -0.4 is 0 Å². The summed E-state index contributed by atoms with van der Waals surface area (Å²) in [4.78, 5) is 3.24. The Morgan fingerprint density at radius 2 is 2.26 bits per heavy atom. The molecule has 120 valence electrons. The molecule has 2 aromatic heterocycles. The minimum Gasteiger partial charge on any atom is -0.411 e. The van der Waals surface area contributed by atoms with E-state index in [1.54, 1.807) is 11.8 Å². The topological polar surface area (TPSA) is 63.9 Å². The maximum atomic E-state index is 5.86. The summed E-state index contributed by atoms with van der Waals surface area (Å²) in [5, 5.41) is 10.6. The Balaban J connectivity index is 1.48. The lowest BCUT2D eigenvalue weighted by atomic mass is 10.0. The summed E-state index contributed by atoms with van der Waals surface area (Å²) in [6, 6.07) is 8.11. The molecule has 3 aromatic rings. The third-order valence-electron chi connectivity index (χ3n) is 4.22. The number of aromatic amines is 1. The van der Waals surface area contributed by atoms with Crippen LogP contribution in [0.15, 0.2) is 40.1 Å². The smallest absolute Gasteiger partial charge is 0.277 e. The molecule has 2 unspecified atom stereocenters. The Hall–Kier alpha value is -1.79. The van der Waals surface area contributed by atoms with E-state index in [2.05, 4.69) is 28.2 Å². The van der Waals surface area contributed by atoms with Gasteiger partial charge in [0, 0.05) is 35.6 Å². The molecule has 0 bridgehead atoms. The Labute approximate surface area is 138 Å². The number of benzene rings is 1. The molecule has 4 rings (SSSR count). The summed E-state index contributed by atoms with van der Waals surface area (Å²) in [6.07, 6.45) is 4.21. The third kappa shape index (κ3) is 3.14. The summed E-state index contributed by atoms with van der Waals surface area (Å²) in [6.45, 7) is 3.99. The Bertz CT molecular complexity index is 792. The first-order valence-corrected chi connectivity index (χ1v) is 8.82. The monoisotopic (exact) mass is 329 g/mol. The van der Waals surface area contributed by atoms with Gasteiger partial charge in [-0.05, 0) is 24.8 Å². The van der Waals surface area contributed by atoms with Gasteiger partial charge in [0.15, 0.2) is 0 Å². The highest BCUT2D eigenvalue weighted by Gasteiger charge is 2.21. The lowest BCUT2D eigenvalue weighted by Gasteiger charge is -2.12. The lowest BCUT2D eigenvalue weighted by Crippen LogP contribution is -2.07. The highest BCUT2D eigenvalue weighted by molar-refractivity contribution is 7.99. The molecule has 1 aliphatic rings. The number of H-pyrrole nitrogens is 1. The highest BCUT2D eigenvalue weighted by atomic mass is 32.2. The Kier molecular flexibility index (Phi) is 4.10. The van der Waals surface area contributed by atoms with Crippen LogP contribution in [0.3, 0.4) is 0 Å². The van der Waals surface area contributed by atoms with Crippen LogP contribution in [0, 0.1) is 5.92 Å². The predicted molar refractivity (Wildman–Crippen MR) is 90.5 cm³/mol. The molecular formula is C17H19N3O2S. The maximum Gasteiger partial charge on any atom is 0.277 e. The fourth-order valence-corrected chi connectivity index (χ4v) is 4.00. The van der Waals surface area contributed by atoms with E-state index in [1.807, 2.05) is 24.4 Å². The van der Waals surface area contributed by atoms with Crippen LogP contribution in [0.2, 0.25) is 0 Å². The number of para-hydroxylation sites is 1. The molecule has 1 fully saturated rings. The van der Waals surface area contributed by atoms with Gasteiger partial charge in [-0.1, -0.05) is 36.9 Å². The standard InChI is InChI=1S/C17H19N3O2S/c1-11(8-12-6-7-21-10-12)23-17-20-19-16(22-17)14-9-18-15-5-3-2-4-13(14)15/h2-5,9,11-12,18H,6-8,10H2,1H3. The molecule has 1 N–H and O–H groups in total. The minimum atomic E-state index is 0.443. The largest absolute Gasteiger partial charge is 0.411 e. The number of thioether (sulfide) groups is 1. The van der Waals surface area contributed by atoms with Crippen molar-refractivity contribution in [3.63, 3.8) is 0 Å².